The molecule has 3 amide bonds. The first kappa shape index (κ1) is 35.3. The van der Waals surface area contributed by atoms with Crippen molar-refractivity contribution in [3.05, 3.63) is 40.9 Å². The molecule has 22 heteroatoms. The maximum atomic E-state index is 13.4. The molecule has 49 heavy (non-hydrogen) atoms. The van der Waals surface area contributed by atoms with Crippen molar-refractivity contribution in [1.29, 1.82) is 0 Å². The number of anilines is 1. The van der Waals surface area contributed by atoms with Crippen molar-refractivity contribution >= 4 is 62.2 Å². The van der Waals surface area contributed by atoms with Gasteiger partial charge in [-0.1, -0.05) is 5.16 Å². The van der Waals surface area contributed by atoms with Crippen molar-refractivity contribution in [1.82, 2.24) is 24.8 Å². The largest absolute Gasteiger partial charge is 0.489 e. The van der Waals surface area contributed by atoms with Crippen molar-refractivity contribution in [2.45, 2.75) is 37.1 Å². The zero-order valence-electron chi connectivity index (χ0n) is 25.6. The van der Waals surface area contributed by atoms with Gasteiger partial charge in [0.05, 0.1) is 18.6 Å². The number of carbonyl (C=O) groups is 4. The van der Waals surface area contributed by atoms with Crippen LogP contribution in [0.25, 0.3) is 0 Å². The molecule has 1 aromatic heterocycles. The fourth-order valence-corrected chi connectivity index (χ4v) is 6.55. The molecule has 0 saturated carbocycles. The lowest BCUT2D eigenvalue weighted by atomic mass is 9.97. The van der Waals surface area contributed by atoms with Crippen molar-refractivity contribution in [2.24, 2.45) is 15.9 Å². The summed E-state index contributed by atoms with van der Waals surface area (Å²) in [6.45, 7) is 0.866. The van der Waals surface area contributed by atoms with E-state index in [2.05, 4.69) is 25.8 Å². The van der Waals surface area contributed by atoms with E-state index >= 15 is 0 Å². The Kier molecular flexibility index (Phi) is 10.8. The second kappa shape index (κ2) is 15.0. The summed E-state index contributed by atoms with van der Waals surface area (Å²) in [5.41, 5.74) is 11.8. The number of piperidine rings is 1. The van der Waals surface area contributed by atoms with Crippen LogP contribution in [0.3, 0.4) is 0 Å². The predicted octanol–water partition coefficient (Wildman–Crippen LogP) is -1.61. The molecule has 20 nitrogen and oxygen atoms in total. The number of β-lactam (4-membered cyclic amide) rings is 1. The van der Waals surface area contributed by atoms with Crippen LogP contribution in [0.15, 0.2) is 39.8 Å². The highest BCUT2D eigenvalue weighted by Crippen LogP contribution is 2.26. The van der Waals surface area contributed by atoms with E-state index in [0.717, 1.165) is 42.2 Å². The van der Waals surface area contributed by atoms with Crippen LogP contribution in [0, 0.1) is 0 Å². The number of carboxylic acids is 1. The molecular weight excluding hydrogens is 690 g/mol. The maximum absolute atomic E-state index is 13.4. The number of ether oxygens (including phenoxy) is 2. The molecule has 2 aromatic rings. The third kappa shape index (κ3) is 8.51. The number of nitrogens with one attached hydrogen (secondary N) is 2. The first-order valence-electron chi connectivity index (χ1n) is 14.8. The molecule has 0 radical (unpaired) electrons. The first-order valence-corrected chi connectivity index (χ1v) is 17.1. The summed E-state index contributed by atoms with van der Waals surface area (Å²) in [5.74, 6) is -3.17. The molecule has 264 valence electrons. The Morgan fingerprint density at radius 3 is 2.53 bits per heavy atom. The number of thiazole rings is 1. The Balaban J connectivity index is 1.27. The van der Waals surface area contributed by atoms with Crippen LogP contribution in [0.2, 0.25) is 0 Å². The molecule has 3 aliphatic heterocycles. The Bertz CT molecular complexity index is 1740. The number of rotatable bonds is 14. The summed E-state index contributed by atoms with van der Waals surface area (Å²) in [5, 5.41) is 20.3. The maximum Gasteiger partial charge on any atom is 0.410 e. The minimum Gasteiger partial charge on any atom is -0.489 e. The van der Waals surface area contributed by atoms with Gasteiger partial charge in [0, 0.05) is 17.5 Å². The van der Waals surface area contributed by atoms with Gasteiger partial charge in [-0.05, 0) is 50.2 Å². The summed E-state index contributed by atoms with van der Waals surface area (Å²) in [4.78, 5) is 64.9. The number of amides is 3. The van der Waals surface area contributed by atoms with E-state index in [1.54, 1.807) is 24.3 Å². The summed E-state index contributed by atoms with van der Waals surface area (Å²) in [6, 6.07) is 3.65. The molecule has 3 atom stereocenters. The number of carboxylic acid groups (broad SMARTS) is 1. The van der Waals surface area contributed by atoms with Gasteiger partial charge in [0.1, 0.15) is 36.5 Å². The normalized spacial score (nSPS) is 21.2. The van der Waals surface area contributed by atoms with Crippen LogP contribution in [0.1, 0.15) is 24.1 Å². The molecule has 1 unspecified atom stereocenters. The fourth-order valence-electron chi connectivity index (χ4n) is 5.13. The zero-order valence-corrected chi connectivity index (χ0v) is 27.3. The number of cyclic esters (lactones) is 1. The molecule has 0 aliphatic carbocycles. The number of nitrogen functional groups attached to an aromatic ring is 1. The molecule has 8 N–H and O–H groups in total. The van der Waals surface area contributed by atoms with Gasteiger partial charge >= 0.3 is 22.4 Å². The highest BCUT2D eigenvalue weighted by Gasteiger charge is 2.55. The van der Waals surface area contributed by atoms with E-state index in [1.165, 1.54) is 5.38 Å². The average molecular weight is 724 g/mol. The molecule has 3 saturated heterocycles. The molecule has 0 bridgehead atoms. The summed E-state index contributed by atoms with van der Waals surface area (Å²) < 4.78 is 43.8. The standard InChI is InChI=1S/C27H33N9O11S2/c28-22(31-15-5-7-30-8-6-15)14-1-3-16(4-2-14)46-12-19(25(39)40)47-34-20(17-13-48-26(29)32-17)23(37)33-21-18(11-35-9-10-45-27(35)41)36(24(21)38)49(42,43)44/h1-4,13,15,18-19,21,30H,5-12H2,(H2,28,31)(H2,29,32)(H,33,37)(H,39,40)(H,42,43,44)/b34-20-/t18-,19?,21+/m1/s1. The van der Waals surface area contributed by atoms with Crippen molar-refractivity contribution < 1.29 is 51.6 Å². The van der Waals surface area contributed by atoms with Gasteiger partial charge in [-0.25, -0.2) is 18.9 Å². The van der Waals surface area contributed by atoms with E-state index in [1.807, 2.05) is 0 Å². The number of aliphatic carboxylic acids is 1. The number of aliphatic imine (C=N–C) groups is 1. The molecule has 3 fully saturated rings. The number of amidine groups is 1. The number of hydrogen-bond donors (Lipinski definition) is 6. The van der Waals surface area contributed by atoms with Crippen molar-refractivity contribution in [3.63, 3.8) is 0 Å². The van der Waals surface area contributed by atoms with Gasteiger partial charge in [-0.2, -0.15) is 8.42 Å². The highest BCUT2D eigenvalue weighted by molar-refractivity contribution is 7.84. The Morgan fingerprint density at radius 2 is 1.94 bits per heavy atom. The van der Waals surface area contributed by atoms with Crippen molar-refractivity contribution in [2.75, 3.05) is 45.1 Å². The number of benzene rings is 1. The van der Waals surface area contributed by atoms with Crippen molar-refractivity contribution in [3.8, 4) is 5.75 Å². The second-order valence-corrected chi connectivity index (χ2v) is 13.1. The zero-order chi connectivity index (χ0) is 35.3. The Morgan fingerprint density at radius 1 is 1.22 bits per heavy atom. The van der Waals surface area contributed by atoms with Gasteiger partial charge in [0.25, 0.3) is 17.9 Å². The Labute approximate surface area is 282 Å². The molecule has 4 heterocycles. The monoisotopic (exact) mass is 723 g/mol. The lowest BCUT2D eigenvalue weighted by Gasteiger charge is -2.45. The molecule has 0 spiro atoms. The van der Waals surface area contributed by atoms with Gasteiger partial charge in [-0.15, -0.1) is 11.3 Å². The van der Waals surface area contributed by atoms with E-state index in [4.69, 9.17) is 25.8 Å². The Hall–Kier alpha value is -5.06. The summed E-state index contributed by atoms with van der Waals surface area (Å²) in [6.07, 6.45) is -0.762. The van der Waals surface area contributed by atoms with Crippen LogP contribution >= 0.6 is 11.3 Å². The lowest BCUT2D eigenvalue weighted by Crippen LogP contribution is -2.74. The fraction of sp³-hybridized carbons (Fsp3) is 0.444. The molecular formula is C27H33N9O11S2. The number of hydrogen-bond acceptors (Lipinski definition) is 15. The average Bonchev–Trinajstić information content (AvgIpc) is 3.68. The van der Waals surface area contributed by atoms with E-state index in [-0.39, 0.29) is 40.1 Å². The van der Waals surface area contributed by atoms with E-state index < -0.39 is 71.2 Å². The number of aromatic nitrogens is 1. The van der Waals surface area contributed by atoms with Crippen LogP contribution in [0.4, 0.5) is 9.93 Å². The molecule has 3 aliphatic rings. The van der Waals surface area contributed by atoms with Gasteiger partial charge < -0.3 is 46.4 Å². The topological polar surface area (TPSA) is 291 Å². The van der Waals surface area contributed by atoms with Crippen LogP contribution < -0.4 is 26.8 Å². The minimum absolute atomic E-state index is 0.0150. The van der Waals surface area contributed by atoms with Gasteiger partial charge in [0.2, 0.25) is 0 Å². The predicted molar refractivity (Wildman–Crippen MR) is 171 cm³/mol. The summed E-state index contributed by atoms with van der Waals surface area (Å²) in [7, 11) is -5.06. The minimum atomic E-state index is -5.06. The van der Waals surface area contributed by atoms with E-state index in [9.17, 15) is 37.3 Å². The van der Waals surface area contributed by atoms with Crippen LogP contribution in [-0.2, 0) is 34.3 Å². The molecule has 1 aromatic carbocycles. The lowest BCUT2D eigenvalue weighted by molar-refractivity contribution is -0.152. The number of nitrogens with zero attached hydrogens (tertiary/aromatic N) is 5. The number of oxime groups is 1. The first-order chi connectivity index (χ1) is 23.3. The van der Waals surface area contributed by atoms with Crippen LogP contribution in [0.5, 0.6) is 5.75 Å². The summed E-state index contributed by atoms with van der Waals surface area (Å²) >= 11 is 0.919. The SMILES string of the molecule is NC(=NC1CCNCC1)c1ccc(OCC(O/N=C(\C(=O)N[C@@H]2C(=O)N(S(=O)(=O)O)[C@@H]2CN2CCOC2=O)c2csc(N)n2)C(=O)O)cc1. The quantitative estimate of drug-likeness (QED) is 0.0420. The second-order valence-electron chi connectivity index (χ2n) is 11.0. The number of carbonyl (C=O) groups excluding carboxylic acids is 3. The smallest absolute Gasteiger partial charge is 0.410 e. The third-order valence-electron chi connectivity index (χ3n) is 7.66. The third-order valence-corrected chi connectivity index (χ3v) is 9.29. The molecule has 5 rings (SSSR count). The van der Waals surface area contributed by atoms with Gasteiger partial charge in [0.15, 0.2) is 10.8 Å². The van der Waals surface area contributed by atoms with Crippen LogP contribution in [-0.4, -0.2) is 131 Å². The number of nitrogens with two attached hydrogens (primary N) is 2. The van der Waals surface area contributed by atoms with E-state index in [0.29, 0.717) is 11.4 Å². The van der Waals surface area contributed by atoms with Gasteiger partial charge in [-0.3, -0.25) is 19.1 Å². The highest BCUT2D eigenvalue weighted by atomic mass is 32.2.